The van der Waals surface area contributed by atoms with Gasteiger partial charge in [0.2, 0.25) is 0 Å². The molecule has 0 atom stereocenters. The standard InChI is InChI=1S/C21H32ClN3O3/c1-27-20-18(13-15(22)14-19(20)23)21(26)24-16-7-10-25(11-8-16)9-4-12-28-17-5-2-3-6-17/h13-14,16-17H,2-12,23H2,1H3,(H,24,26). The minimum absolute atomic E-state index is 0.156. The molecule has 2 fully saturated rings. The van der Waals surface area contributed by atoms with E-state index in [1.807, 2.05) is 0 Å². The van der Waals surface area contributed by atoms with Crippen LogP contribution in [-0.2, 0) is 4.74 Å². The number of hydrogen-bond donors (Lipinski definition) is 2. The van der Waals surface area contributed by atoms with Gasteiger partial charge in [-0.3, -0.25) is 4.79 Å². The van der Waals surface area contributed by atoms with Crippen LogP contribution in [0.3, 0.4) is 0 Å². The lowest BCUT2D eigenvalue weighted by Crippen LogP contribution is -2.45. The fourth-order valence-corrected chi connectivity index (χ4v) is 4.40. The number of carbonyl (C=O) groups is 1. The molecule has 28 heavy (non-hydrogen) atoms. The first kappa shape index (κ1) is 21.2. The summed E-state index contributed by atoms with van der Waals surface area (Å²) in [6, 6.07) is 3.35. The number of nitrogens with two attached hydrogens (primary N) is 1. The molecule has 1 heterocycles. The van der Waals surface area contributed by atoms with E-state index in [0.717, 1.165) is 45.5 Å². The smallest absolute Gasteiger partial charge is 0.255 e. The highest BCUT2D eigenvalue weighted by atomic mass is 35.5. The van der Waals surface area contributed by atoms with E-state index in [1.54, 1.807) is 12.1 Å². The summed E-state index contributed by atoms with van der Waals surface area (Å²) in [5, 5.41) is 3.53. The maximum atomic E-state index is 12.7. The second kappa shape index (κ2) is 10.3. The van der Waals surface area contributed by atoms with E-state index in [1.165, 1.54) is 32.8 Å². The summed E-state index contributed by atoms with van der Waals surface area (Å²) in [7, 11) is 1.51. The quantitative estimate of drug-likeness (QED) is 0.507. The lowest BCUT2D eigenvalue weighted by atomic mass is 10.0. The molecule has 2 aliphatic rings. The highest BCUT2D eigenvalue weighted by molar-refractivity contribution is 6.31. The molecule has 1 amide bonds. The molecule has 3 N–H and O–H groups in total. The molecule has 156 valence electrons. The van der Waals surface area contributed by atoms with Crippen molar-refractivity contribution in [3.05, 3.63) is 22.7 Å². The Morgan fingerprint density at radius 2 is 1.96 bits per heavy atom. The number of benzene rings is 1. The van der Waals surface area contributed by atoms with Gasteiger partial charge in [0.15, 0.2) is 5.75 Å². The number of ether oxygens (including phenoxy) is 2. The molecule has 1 aliphatic heterocycles. The number of nitrogen functional groups attached to an aromatic ring is 1. The van der Waals surface area contributed by atoms with Crippen molar-refractivity contribution in [3.8, 4) is 5.75 Å². The van der Waals surface area contributed by atoms with Crippen LogP contribution >= 0.6 is 11.6 Å². The first-order chi connectivity index (χ1) is 13.6. The summed E-state index contributed by atoms with van der Waals surface area (Å²) in [4.78, 5) is 15.1. The van der Waals surface area contributed by atoms with E-state index >= 15 is 0 Å². The largest absolute Gasteiger partial charge is 0.494 e. The highest BCUT2D eigenvalue weighted by Crippen LogP contribution is 2.30. The van der Waals surface area contributed by atoms with Crippen LogP contribution in [0.5, 0.6) is 5.75 Å². The average Bonchev–Trinajstić information content (AvgIpc) is 3.19. The first-order valence-electron chi connectivity index (χ1n) is 10.3. The minimum Gasteiger partial charge on any atom is -0.494 e. The zero-order chi connectivity index (χ0) is 19.9. The zero-order valence-corrected chi connectivity index (χ0v) is 17.5. The van der Waals surface area contributed by atoms with Gasteiger partial charge in [0.05, 0.1) is 24.5 Å². The van der Waals surface area contributed by atoms with Crippen molar-refractivity contribution >= 4 is 23.2 Å². The van der Waals surface area contributed by atoms with Gasteiger partial charge in [0.1, 0.15) is 0 Å². The molecule has 0 spiro atoms. The Balaban J connectivity index is 1.40. The lowest BCUT2D eigenvalue weighted by molar-refractivity contribution is 0.0497. The normalized spacial score (nSPS) is 19.1. The summed E-state index contributed by atoms with van der Waals surface area (Å²) >= 11 is 6.05. The van der Waals surface area contributed by atoms with E-state index in [9.17, 15) is 4.79 Å². The summed E-state index contributed by atoms with van der Waals surface area (Å²) < 4.78 is 11.2. The Morgan fingerprint density at radius 3 is 2.64 bits per heavy atom. The Bertz CT molecular complexity index is 657. The molecule has 1 saturated heterocycles. The van der Waals surface area contributed by atoms with Crippen LogP contribution in [0.15, 0.2) is 12.1 Å². The van der Waals surface area contributed by atoms with Crippen molar-refractivity contribution in [2.75, 3.05) is 39.1 Å². The van der Waals surface area contributed by atoms with Crippen molar-refractivity contribution in [1.29, 1.82) is 0 Å². The summed E-state index contributed by atoms with van der Waals surface area (Å²) in [6.45, 7) is 3.90. The number of methoxy groups -OCH3 is 1. The fourth-order valence-electron chi connectivity index (χ4n) is 4.17. The van der Waals surface area contributed by atoms with Gasteiger partial charge in [-0.15, -0.1) is 0 Å². The Kier molecular flexibility index (Phi) is 7.82. The molecular weight excluding hydrogens is 378 g/mol. The Hall–Kier alpha value is -1.50. The van der Waals surface area contributed by atoms with Crippen LogP contribution in [0.25, 0.3) is 0 Å². The monoisotopic (exact) mass is 409 g/mol. The predicted molar refractivity (Wildman–Crippen MR) is 112 cm³/mol. The number of nitrogens with zero attached hydrogens (tertiary/aromatic N) is 1. The second-order valence-electron chi connectivity index (χ2n) is 7.80. The maximum absolute atomic E-state index is 12.7. The number of piperidine rings is 1. The molecule has 1 aromatic carbocycles. The molecule has 1 aliphatic carbocycles. The number of rotatable bonds is 8. The molecule has 0 radical (unpaired) electrons. The Morgan fingerprint density at radius 1 is 1.25 bits per heavy atom. The minimum atomic E-state index is -0.186. The van der Waals surface area contributed by atoms with Crippen molar-refractivity contribution < 1.29 is 14.3 Å². The molecule has 0 bridgehead atoms. The second-order valence-corrected chi connectivity index (χ2v) is 8.23. The summed E-state index contributed by atoms with van der Waals surface area (Å²) in [5.74, 6) is 0.191. The number of halogens is 1. The van der Waals surface area contributed by atoms with Crippen LogP contribution in [0.1, 0.15) is 55.3 Å². The maximum Gasteiger partial charge on any atom is 0.255 e. The van der Waals surface area contributed by atoms with Crippen molar-refractivity contribution in [2.45, 2.75) is 57.1 Å². The molecule has 6 nitrogen and oxygen atoms in total. The van der Waals surface area contributed by atoms with Gasteiger partial charge < -0.3 is 25.4 Å². The number of likely N-dealkylation sites (tertiary alicyclic amines) is 1. The van der Waals surface area contributed by atoms with Crippen LogP contribution in [0.4, 0.5) is 5.69 Å². The molecule has 1 aromatic rings. The van der Waals surface area contributed by atoms with Crippen LogP contribution in [0.2, 0.25) is 5.02 Å². The SMILES string of the molecule is COc1c(N)cc(Cl)cc1C(=O)NC1CCN(CCCOC2CCCC2)CC1. The predicted octanol–water partition coefficient (Wildman–Crippen LogP) is 3.47. The first-order valence-corrected chi connectivity index (χ1v) is 10.7. The number of hydrogen-bond acceptors (Lipinski definition) is 5. The number of anilines is 1. The summed E-state index contributed by atoms with van der Waals surface area (Å²) in [6.07, 6.45) is 8.55. The van der Waals surface area contributed by atoms with Crippen LogP contribution in [0, 0.1) is 0 Å². The molecular formula is C21H32ClN3O3. The van der Waals surface area contributed by atoms with Gasteiger partial charge in [-0.25, -0.2) is 0 Å². The third kappa shape index (κ3) is 5.75. The van der Waals surface area contributed by atoms with Gasteiger partial charge in [0.25, 0.3) is 5.91 Å². The van der Waals surface area contributed by atoms with Gasteiger partial charge in [-0.05, 0) is 44.2 Å². The van der Waals surface area contributed by atoms with E-state index in [4.69, 9.17) is 26.8 Å². The highest BCUT2D eigenvalue weighted by Gasteiger charge is 2.23. The number of carbonyl (C=O) groups excluding carboxylic acids is 1. The average molecular weight is 410 g/mol. The van der Waals surface area contributed by atoms with Crippen molar-refractivity contribution in [3.63, 3.8) is 0 Å². The van der Waals surface area contributed by atoms with Crippen molar-refractivity contribution in [1.82, 2.24) is 10.2 Å². The van der Waals surface area contributed by atoms with Crippen LogP contribution < -0.4 is 15.8 Å². The van der Waals surface area contributed by atoms with E-state index in [-0.39, 0.29) is 11.9 Å². The third-order valence-electron chi connectivity index (χ3n) is 5.73. The third-order valence-corrected chi connectivity index (χ3v) is 5.95. The van der Waals surface area contributed by atoms with Crippen LogP contribution in [-0.4, -0.2) is 56.3 Å². The Labute approximate surface area is 172 Å². The zero-order valence-electron chi connectivity index (χ0n) is 16.7. The van der Waals surface area contributed by atoms with Gasteiger partial charge in [-0.1, -0.05) is 24.4 Å². The fraction of sp³-hybridized carbons (Fsp3) is 0.667. The molecule has 1 saturated carbocycles. The topological polar surface area (TPSA) is 76.8 Å². The number of amides is 1. The van der Waals surface area contributed by atoms with Gasteiger partial charge >= 0.3 is 0 Å². The summed E-state index contributed by atoms with van der Waals surface area (Å²) in [5.41, 5.74) is 6.67. The molecule has 7 heteroatoms. The lowest BCUT2D eigenvalue weighted by Gasteiger charge is -2.32. The van der Waals surface area contributed by atoms with E-state index in [0.29, 0.717) is 28.1 Å². The molecule has 0 aromatic heterocycles. The van der Waals surface area contributed by atoms with E-state index in [2.05, 4.69) is 10.2 Å². The van der Waals surface area contributed by atoms with Crippen molar-refractivity contribution in [2.24, 2.45) is 0 Å². The van der Waals surface area contributed by atoms with E-state index < -0.39 is 0 Å². The van der Waals surface area contributed by atoms with Gasteiger partial charge in [0, 0.05) is 37.3 Å². The number of nitrogens with one attached hydrogen (secondary N) is 1. The van der Waals surface area contributed by atoms with Gasteiger partial charge in [-0.2, -0.15) is 0 Å². The molecule has 3 rings (SSSR count). The molecule has 0 unspecified atom stereocenters.